The van der Waals surface area contributed by atoms with Crippen LogP contribution < -0.4 is 0 Å². The average molecular weight is 324 g/mol. The van der Waals surface area contributed by atoms with Crippen LogP contribution in [0, 0.1) is 28.6 Å². The van der Waals surface area contributed by atoms with Gasteiger partial charge in [-0.2, -0.15) is 0 Å². The molecule has 0 aromatic carbocycles. The Kier molecular flexibility index (Phi) is 3.35. The third-order valence-corrected chi connectivity index (χ3v) is 8.17. The molecule has 0 radical (unpaired) electrons. The molecule has 130 valence electrons. The SMILES string of the molecule is C[C@@]12CCC[C@H]1[C@@H]1CC=C3[C@H](F)CC(O)C(O)(O)[C@]3(C)[C@H]1CC2. The van der Waals surface area contributed by atoms with E-state index in [4.69, 9.17) is 0 Å². The molecule has 0 heterocycles. The average Bonchev–Trinajstić information content (AvgIpc) is 2.87. The summed E-state index contributed by atoms with van der Waals surface area (Å²) < 4.78 is 14.6. The Morgan fingerprint density at radius 2 is 1.87 bits per heavy atom. The molecule has 1 unspecified atom stereocenters. The van der Waals surface area contributed by atoms with Gasteiger partial charge in [0.1, 0.15) is 12.3 Å². The van der Waals surface area contributed by atoms with Crippen molar-refractivity contribution in [2.24, 2.45) is 28.6 Å². The van der Waals surface area contributed by atoms with Crippen molar-refractivity contribution in [2.75, 3.05) is 0 Å². The van der Waals surface area contributed by atoms with Gasteiger partial charge in [-0.15, -0.1) is 0 Å². The number of hydrogen-bond acceptors (Lipinski definition) is 3. The molecule has 0 aliphatic heterocycles. The van der Waals surface area contributed by atoms with Crippen LogP contribution in [0.5, 0.6) is 0 Å². The number of aliphatic hydroxyl groups is 3. The number of fused-ring (bicyclic) bond motifs is 5. The third kappa shape index (κ3) is 1.86. The molecular formula is C19H29FO3. The highest BCUT2D eigenvalue weighted by atomic mass is 19.1. The van der Waals surface area contributed by atoms with Gasteiger partial charge in [0.2, 0.25) is 0 Å². The van der Waals surface area contributed by atoms with E-state index in [1.807, 2.05) is 6.08 Å². The molecule has 3 nitrogen and oxygen atoms in total. The van der Waals surface area contributed by atoms with Gasteiger partial charge in [-0.3, -0.25) is 0 Å². The number of allylic oxidation sites excluding steroid dienone is 1. The van der Waals surface area contributed by atoms with E-state index in [9.17, 15) is 19.7 Å². The standard InChI is InChI=1S/C19H29FO3/c1-17-8-3-4-12(17)11-5-6-14-15(20)10-16(21)19(22,23)18(14,2)13(11)7-9-17/h6,11-13,15-16,21-23H,3-5,7-10H2,1-2H3/t11-,12-,13-,15+,16?,17-,18+/m0/s1. The molecule has 0 spiro atoms. The summed E-state index contributed by atoms with van der Waals surface area (Å²) in [5.41, 5.74) is -0.189. The van der Waals surface area contributed by atoms with E-state index in [-0.39, 0.29) is 12.3 Å². The smallest absolute Gasteiger partial charge is 0.199 e. The lowest BCUT2D eigenvalue weighted by Gasteiger charge is -2.61. The highest BCUT2D eigenvalue weighted by molar-refractivity contribution is 5.32. The molecule has 3 saturated carbocycles. The second-order valence-electron chi connectivity index (χ2n) is 9.00. The van der Waals surface area contributed by atoms with E-state index >= 15 is 0 Å². The van der Waals surface area contributed by atoms with Gasteiger partial charge in [-0.05, 0) is 60.8 Å². The molecule has 3 fully saturated rings. The Hall–Kier alpha value is -0.450. The molecule has 0 aromatic rings. The molecular weight excluding hydrogens is 295 g/mol. The Morgan fingerprint density at radius 1 is 1.13 bits per heavy atom. The predicted molar refractivity (Wildman–Crippen MR) is 85.2 cm³/mol. The van der Waals surface area contributed by atoms with Gasteiger partial charge in [0, 0.05) is 6.42 Å². The van der Waals surface area contributed by atoms with Crippen LogP contribution in [0.3, 0.4) is 0 Å². The monoisotopic (exact) mass is 324 g/mol. The van der Waals surface area contributed by atoms with Crippen molar-refractivity contribution in [3.8, 4) is 0 Å². The highest BCUT2D eigenvalue weighted by Gasteiger charge is 2.66. The zero-order valence-electron chi connectivity index (χ0n) is 14.1. The first-order valence-corrected chi connectivity index (χ1v) is 9.19. The van der Waals surface area contributed by atoms with Crippen LogP contribution in [-0.4, -0.2) is 33.4 Å². The van der Waals surface area contributed by atoms with Crippen LogP contribution in [-0.2, 0) is 0 Å². The van der Waals surface area contributed by atoms with E-state index in [1.54, 1.807) is 6.92 Å². The number of rotatable bonds is 0. The first kappa shape index (κ1) is 16.0. The van der Waals surface area contributed by atoms with Crippen LogP contribution in [0.1, 0.15) is 58.8 Å². The molecule has 0 amide bonds. The highest BCUT2D eigenvalue weighted by Crippen LogP contribution is 2.66. The third-order valence-electron chi connectivity index (χ3n) is 8.17. The normalized spacial score (nSPS) is 54.7. The lowest BCUT2D eigenvalue weighted by atomic mass is 9.46. The molecule has 3 N–H and O–H groups in total. The van der Waals surface area contributed by atoms with E-state index in [1.165, 1.54) is 19.3 Å². The fourth-order valence-corrected chi connectivity index (χ4v) is 6.79. The molecule has 4 aliphatic carbocycles. The number of hydrogen-bond donors (Lipinski definition) is 3. The van der Waals surface area contributed by atoms with Gasteiger partial charge >= 0.3 is 0 Å². The first-order valence-electron chi connectivity index (χ1n) is 9.19. The van der Waals surface area contributed by atoms with Crippen molar-refractivity contribution in [1.29, 1.82) is 0 Å². The van der Waals surface area contributed by atoms with Crippen LogP contribution in [0.2, 0.25) is 0 Å². The first-order chi connectivity index (χ1) is 10.7. The zero-order chi connectivity index (χ0) is 16.6. The molecule has 23 heavy (non-hydrogen) atoms. The molecule has 0 bridgehead atoms. The van der Waals surface area contributed by atoms with Gasteiger partial charge in [0.15, 0.2) is 5.79 Å². The second kappa shape index (κ2) is 4.80. The Morgan fingerprint density at radius 3 is 2.61 bits per heavy atom. The van der Waals surface area contributed by atoms with Gasteiger partial charge in [-0.1, -0.05) is 26.3 Å². The summed E-state index contributed by atoms with van der Waals surface area (Å²) in [6.45, 7) is 4.16. The number of halogens is 1. The summed E-state index contributed by atoms with van der Waals surface area (Å²) in [6.07, 6.45) is 5.55. The lowest BCUT2D eigenvalue weighted by molar-refractivity contribution is -0.316. The van der Waals surface area contributed by atoms with Crippen molar-refractivity contribution in [2.45, 2.75) is 76.9 Å². The molecule has 4 aliphatic rings. The summed E-state index contributed by atoms with van der Waals surface area (Å²) in [7, 11) is 0. The van der Waals surface area contributed by atoms with E-state index in [0.717, 1.165) is 19.3 Å². The van der Waals surface area contributed by atoms with E-state index in [2.05, 4.69) is 6.92 Å². The van der Waals surface area contributed by atoms with Crippen LogP contribution in [0.15, 0.2) is 11.6 Å². The van der Waals surface area contributed by atoms with Crippen molar-refractivity contribution in [3.05, 3.63) is 11.6 Å². The maximum atomic E-state index is 14.6. The summed E-state index contributed by atoms with van der Waals surface area (Å²) in [4.78, 5) is 0. The van der Waals surface area contributed by atoms with Crippen molar-refractivity contribution in [1.82, 2.24) is 0 Å². The minimum Gasteiger partial charge on any atom is -0.387 e. The van der Waals surface area contributed by atoms with Gasteiger partial charge in [0.05, 0.1) is 5.41 Å². The fourth-order valence-electron chi connectivity index (χ4n) is 6.79. The summed E-state index contributed by atoms with van der Waals surface area (Å²) >= 11 is 0. The minimum atomic E-state index is -2.24. The Labute approximate surface area is 137 Å². The summed E-state index contributed by atoms with van der Waals surface area (Å²) in [6, 6.07) is 0. The topological polar surface area (TPSA) is 60.7 Å². The van der Waals surface area contributed by atoms with E-state index < -0.39 is 23.5 Å². The Bertz CT molecular complexity index is 545. The zero-order valence-corrected chi connectivity index (χ0v) is 14.1. The molecule has 7 atom stereocenters. The van der Waals surface area contributed by atoms with Crippen LogP contribution >= 0.6 is 0 Å². The molecule has 4 rings (SSSR count). The minimum absolute atomic E-state index is 0.0434. The number of aliphatic hydroxyl groups excluding tert-OH is 1. The largest absolute Gasteiger partial charge is 0.387 e. The van der Waals surface area contributed by atoms with Gasteiger partial charge < -0.3 is 15.3 Å². The van der Waals surface area contributed by atoms with E-state index in [0.29, 0.717) is 22.8 Å². The second-order valence-corrected chi connectivity index (χ2v) is 9.00. The van der Waals surface area contributed by atoms with Crippen molar-refractivity contribution >= 4 is 0 Å². The molecule has 4 heteroatoms. The summed E-state index contributed by atoms with van der Waals surface area (Å²) in [5.74, 6) is -1.23. The van der Waals surface area contributed by atoms with Crippen LogP contribution in [0.25, 0.3) is 0 Å². The predicted octanol–water partition coefficient (Wildman–Crippen LogP) is 2.94. The molecule has 0 saturated heterocycles. The Balaban J connectivity index is 1.80. The fraction of sp³-hybridized carbons (Fsp3) is 0.895. The van der Waals surface area contributed by atoms with Gasteiger partial charge in [-0.25, -0.2) is 4.39 Å². The maximum Gasteiger partial charge on any atom is 0.199 e. The molecule has 0 aromatic heterocycles. The van der Waals surface area contributed by atoms with Crippen molar-refractivity contribution < 1.29 is 19.7 Å². The lowest BCUT2D eigenvalue weighted by Crippen LogP contribution is -2.67. The van der Waals surface area contributed by atoms with Crippen molar-refractivity contribution in [3.63, 3.8) is 0 Å². The quantitative estimate of drug-likeness (QED) is 0.474. The number of alkyl halides is 1. The summed E-state index contributed by atoms with van der Waals surface area (Å²) in [5, 5.41) is 31.7. The van der Waals surface area contributed by atoms with Crippen LogP contribution in [0.4, 0.5) is 4.39 Å². The maximum absolute atomic E-state index is 14.6. The van der Waals surface area contributed by atoms with Gasteiger partial charge in [0.25, 0.3) is 0 Å².